The van der Waals surface area contributed by atoms with Gasteiger partial charge in [0.05, 0.1) is 23.3 Å². The summed E-state index contributed by atoms with van der Waals surface area (Å²) >= 11 is 1.65. The zero-order valence-electron chi connectivity index (χ0n) is 13.6. The predicted molar refractivity (Wildman–Crippen MR) is 91.8 cm³/mol. The summed E-state index contributed by atoms with van der Waals surface area (Å²) in [7, 11) is 1.85. The lowest BCUT2D eigenvalue weighted by Crippen LogP contribution is -2.30. The van der Waals surface area contributed by atoms with Gasteiger partial charge in [-0.1, -0.05) is 6.07 Å². The highest BCUT2D eigenvalue weighted by atomic mass is 32.1. The van der Waals surface area contributed by atoms with Gasteiger partial charge in [-0.3, -0.25) is 4.79 Å². The second kappa shape index (κ2) is 6.50. The number of pyridine rings is 1. The summed E-state index contributed by atoms with van der Waals surface area (Å²) < 4.78 is 1.99. The molecule has 3 rings (SSSR count). The van der Waals surface area contributed by atoms with Crippen LogP contribution in [0.5, 0.6) is 0 Å². The third-order valence-electron chi connectivity index (χ3n) is 4.08. The molecule has 0 unspecified atom stereocenters. The van der Waals surface area contributed by atoms with Crippen LogP contribution in [0.25, 0.3) is 5.65 Å². The fourth-order valence-corrected chi connectivity index (χ4v) is 3.35. The molecule has 120 valence electrons. The molecule has 0 radical (unpaired) electrons. The summed E-state index contributed by atoms with van der Waals surface area (Å²) in [4.78, 5) is 24.1. The van der Waals surface area contributed by atoms with E-state index < -0.39 is 0 Å². The molecule has 0 aliphatic heterocycles. The summed E-state index contributed by atoms with van der Waals surface area (Å²) in [5.41, 5.74) is 5.87. The van der Waals surface area contributed by atoms with E-state index in [2.05, 4.69) is 9.97 Å². The van der Waals surface area contributed by atoms with Crippen LogP contribution >= 0.6 is 11.3 Å². The number of hydrogen-bond donors (Lipinski definition) is 0. The summed E-state index contributed by atoms with van der Waals surface area (Å²) in [6.45, 7) is 4.74. The van der Waals surface area contributed by atoms with Gasteiger partial charge in [0.25, 0.3) is 0 Å². The molecule has 0 atom stereocenters. The molecule has 0 N–H and O–H groups in total. The Morgan fingerprint density at radius 2 is 2.17 bits per heavy atom. The van der Waals surface area contributed by atoms with E-state index in [4.69, 9.17) is 0 Å². The number of imidazole rings is 1. The Hall–Kier alpha value is -2.21. The molecule has 1 amide bonds. The Labute approximate surface area is 139 Å². The predicted octanol–water partition coefficient (Wildman–Crippen LogP) is 2.65. The standard InChI is InChI=1S/C17H20N4OS/c1-12-5-4-7-21-14(10-18-17(12)21)9-16(22)20(3)8-6-15-13(2)19-11-23-15/h4-5,7,10-11H,6,8-9H2,1-3H3. The molecule has 0 aliphatic rings. The molecule has 3 aromatic heterocycles. The van der Waals surface area contributed by atoms with Crippen LogP contribution in [-0.2, 0) is 17.6 Å². The summed E-state index contributed by atoms with van der Waals surface area (Å²) in [5, 5.41) is 0. The molecule has 0 aliphatic carbocycles. The number of fused-ring (bicyclic) bond motifs is 1. The van der Waals surface area contributed by atoms with Crippen LogP contribution in [0.3, 0.4) is 0 Å². The topological polar surface area (TPSA) is 50.5 Å². The molecule has 23 heavy (non-hydrogen) atoms. The first-order valence-electron chi connectivity index (χ1n) is 7.60. The Morgan fingerprint density at radius 1 is 1.35 bits per heavy atom. The smallest absolute Gasteiger partial charge is 0.228 e. The van der Waals surface area contributed by atoms with Gasteiger partial charge in [-0.2, -0.15) is 0 Å². The number of carbonyl (C=O) groups is 1. The summed E-state index contributed by atoms with van der Waals surface area (Å²) in [5.74, 6) is 0.107. The monoisotopic (exact) mass is 328 g/mol. The zero-order chi connectivity index (χ0) is 16.4. The molecule has 0 saturated carbocycles. The van der Waals surface area contributed by atoms with Crippen molar-refractivity contribution < 1.29 is 4.79 Å². The van der Waals surface area contributed by atoms with Crippen LogP contribution < -0.4 is 0 Å². The zero-order valence-corrected chi connectivity index (χ0v) is 14.4. The maximum atomic E-state index is 12.5. The van der Waals surface area contributed by atoms with E-state index >= 15 is 0 Å². The van der Waals surface area contributed by atoms with Crippen molar-refractivity contribution in [2.45, 2.75) is 26.7 Å². The van der Waals surface area contributed by atoms with Crippen LogP contribution in [0.1, 0.15) is 21.8 Å². The van der Waals surface area contributed by atoms with E-state index in [1.807, 2.05) is 49.1 Å². The molecule has 0 aromatic carbocycles. The lowest BCUT2D eigenvalue weighted by molar-refractivity contribution is -0.129. The van der Waals surface area contributed by atoms with E-state index in [1.165, 1.54) is 4.88 Å². The van der Waals surface area contributed by atoms with Gasteiger partial charge in [-0.25, -0.2) is 9.97 Å². The first-order valence-corrected chi connectivity index (χ1v) is 8.48. The van der Waals surface area contributed by atoms with Gasteiger partial charge in [0, 0.05) is 37.3 Å². The lowest BCUT2D eigenvalue weighted by Gasteiger charge is -2.16. The van der Waals surface area contributed by atoms with Crippen LogP contribution in [0.2, 0.25) is 0 Å². The van der Waals surface area contributed by atoms with Gasteiger partial charge in [0.2, 0.25) is 5.91 Å². The second-order valence-electron chi connectivity index (χ2n) is 5.74. The van der Waals surface area contributed by atoms with Crippen molar-refractivity contribution in [2.24, 2.45) is 0 Å². The Kier molecular flexibility index (Phi) is 4.43. The molecular formula is C17H20N4OS. The van der Waals surface area contributed by atoms with Crippen molar-refractivity contribution in [3.63, 3.8) is 0 Å². The highest BCUT2D eigenvalue weighted by Crippen LogP contribution is 2.14. The normalized spacial score (nSPS) is 11.1. The molecule has 3 aromatic rings. The quantitative estimate of drug-likeness (QED) is 0.723. The van der Waals surface area contributed by atoms with E-state index in [9.17, 15) is 4.79 Å². The van der Waals surface area contributed by atoms with Crippen molar-refractivity contribution in [1.29, 1.82) is 0 Å². The highest BCUT2D eigenvalue weighted by molar-refractivity contribution is 7.09. The number of aromatic nitrogens is 3. The maximum Gasteiger partial charge on any atom is 0.228 e. The average molecular weight is 328 g/mol. The number of nitrogens with zero attached hydrogens (tertiary/aromatic N) is 4. The number of rotatable bonds is 5. The first kappa shape index (κ1) is 15.7. The number of hydrogen-bond acceptors (Lipinski definition) is 4. The second-order valence-corrected chi connectivity index (χ2v) is 6.68. The maximum absolute atomic E-state index is 12.5. The van der Waals surface area contributed by atoms with Gasteiger partial charge in [0.15, 0.2) is 0 Å². The van der Waals surface area contributed by atoms with Crippen molar-refractivity contribution in [3.8, 4) is 0 Å². The molecule has 6 heteroatoms. The van der Waals surface area contributed by atoms with E-state index in [1.54, 1.807) is 22.4 Å². The number of carbonyl (C=O) groups excluding carboxylic acids is 1. The third-order valence-corrected chi connectivity index (χ3v) is 5.08. The van der Waals surface area contributed by atoms with Crippen LogP contribution in [0.4, 0.5) is 0 Å². The van der Waals surface area contributed by atoms with Crippen LogP contribution in [-0.4, -0.2) is 38.8 Å². The van der Waals surface area contributed by atoms with E-state index in [-0.39, 0.29) is 5.91 Å². The molecular weight excluding hydrogens is 308 g/mol. The minimum atomic E-state index is 0.107. The van der Waals surface area contributed by atoms with Gasteiger partial charge >= 0.3 is 0 Å². The Morgan fingerprint density at radius 3 is 2.91 bits per heavy atom. The number of likely N-dealkylation sites (N-methyl/N-ethyl adjacent to an activating group) is 1. The fourth-order valence-electron chi connectivity index (χ4n) is 2.58. The number of aryl methyl sites for hydroxylation is 2. The van der Waals surface area contributed by atoms with Gasteiger partial charge < -0.3 is 9.30 Å². The molecule has 0 saturated heterocycles. The van der Waals surface area contributed by atoms with Gasteiger partial charge in [-0.15, -0.1) is 11.3 Å². The van der Waals surface area contributed by atoms with Crippen molar-refractivity contribution in [1.82, 2.24) is 19.3 Å². The molecule has 0 fully saturated rings. The van der Waals surface area contributed by atoms with Crippen molar-refractivity contribution in [2.75, 3.05) is 13.6 Å². The average Bonchev–Trinajstić information content (AvgIpc) is 3.12. The summed E-state index contributed by atoms with van der Waals surface area (Å²) in [6, 6.07) is 4.01. The van der Waals surface area contributed by atoms with Gasteiger partial charge in [-0.05, 0) is 25.5 Å². The molecule has 0 bridgehead atoms. The van der Waals surface area contributed by atoms with Crippen LogP contribution in [0.15, 0.2) is 30.0 Å². The SMILES string of the molecule is Cc1ncsc1CCN(C)C(=O)Cc1cnc2c(C)cccn12. The van der Waals surface area contributed by atoms with Gasteiger partial charge in [0.1, 0.15) is 5.65 Å². The minimum Gasteiger partial charge on any atom is -0.345 e. The minimum absolute atomic E-state index is 0.107. The summed E-state index contributed by atoms with van der Waals surface area (Å²) in [6.07, 6.45) is 4.97. The molecule has 0 spiro atoms. The lowest BCUT2D eigenvalue weighted by atomic mass is 10.2. The van der Waals surface area contributed by atoms with E-state index in [0.29, 0.717) is 13.0 Å². The van der Waals surface area contributed by atoms with Crippen LogP contribution in [0, 0.1) is 13.8 Å². The van der Waals surface area contributed by atoms with E-state index in [0.717, 1.165) is 29.0 Å². The Bertz CT molecular complexity index is 836. The fraction of sp³-hybridized carbons (Fsp3) is 0.353. The largest absolute Gasteiger partial charge is 0.345 e. The molecule has 3 heterocycles. The first-order chi connectivity index (χ1) is 11.1. The number of thiazole rings is 1. The van der Waals surface area contributed by atoms with Crippen molar-refractivity contribution in [3.05, 3.63) is 51.9 Å². The third kappa shape index (κ3) is 3.27. The van der Waals surface area contributed by atoms with Crippen molar-refractivity contribution >= 4 is 22.9 Å². The highest BCUT2D eigenvalue weighted by Gasteiger charge is 2.14. The Balaban J connectivity index is 1.66. The molecule has 5 nitrogen and oxygen atoms in total. The number of amides is 1.